The number of phosphoric ester groups is 2. The number of hydrogen-bond donors (Lipinski definition) is 4. The van der Waals surface area contributed by atoms with Crippen molar-refractivity contribution < 1.29 is 130 Å². The van der Waals surface area contributed by atoms with Crippen molar-refractivity contribution in [2.45, 2.75) is 485 Å². The smallest absolute Gasteiger partial charge is 0.790 e. The summed E-state index contributed by atoms with van der Waals surface area (Å²) >= 11 is 11.2. The first-order valence-corrected chi connectivity index (χ1v) is 67.6. The number of rotatable bonds is 28. The van der Waals surface area contributed by atoms with Crippen LogP contribution in [0.5, 0.6) is 0 Å². The number of aliphatic hydroxyl groups is 4. The second-order valence-corrected chi connectivity index (χ2v) is 68.9. The predicted molar refractivity (Wildman–Crippen MR) is 586 cm³/mol. The van der Waals surface area contributed by atoms with Crippen molar-refractivity contribution in [1.29, 1.82) is 0 Å². The molecule has 0 aromatic rings. The first kappa shape index (κ1) is 128. The van der Waals surface area contributed by atoms with Gasteiger partial charge in [0.2, 0.25) is 0 Å². The molecule has 0 aliphatic heterocycles. The van der Waals surface area contributed by atoms with Crippen molar-refractivity contribution in [3.63, 3.8) is 0 Å². The van der Waals surface area contributed by atoms with Crippen LogP contribution in [0.15, 0.2) is 46.6 Å². The molecule has 0 spiro atoms. The van der Waals surface area contributed by atoms with E-state index in [0.29, 0.717) is 79.0 Å². The Labute approximate surface area is 931 Å². The molecule has 16 aliphatic rings. The van der Waals surface area contributed by atoms with Gasteiger partial charge < -0.3 is 48.3 Å². The first-order chi connectivity index (χ1) is 65.5. The number of hydrogen-bond acceptors (Lipinski definition) is 15. The monoisotopic (exact) mass is 2130 g/mol. The first-order valence-electron chi connectivity index (χ1n) is 58.2. The van der Waals surface area contributed by atoms with Gasteiger partial charge in [0.05, 0.1) is 44.4 Å². The van der Waals surface area contributed by atoms with Gasteiger partial charge in [-0.05, 0) is 459 Å². The molecule has 818 valence electrons. The van der Waals surface area contributed by atoms with Crippen LogP contribution in [0.3, 0.4) is 0 Å². The Morgan fingerprint density at radius 3 is 0.860 bits per heavy atom. The van der Waals surface area contributed by atoms with E-state index >= 15 is 0 Å². The predicted octanol–water partition coefficient (Wildman–Crippen LogP) is 27.1. The summed E-state index contributed by atoms with van der Waals surface area (Å²) in [6.07, 6.45) is 59.0. The van der Waals surface area contributed by atoms with Gasteiger partial charge in [-0.2, -0.15) is 11.1 Å². The summed E-state index contributed by atoms with van der Waals surface area (Å²) in [5.74, 6) is 18.9. The van der Waals surface area contributed by atoms with Crippen molar-refractivity contribution in [3.05, 3.63) is 46.6 Å². The average molecular weight is 2130 g/mol. The summed E-state index contributed by atoms with van der Waals surface area (Å²) in [6.45, 7) is 59.9. The van der Waals surface area contributed by atoms with Crippen LogP contribution in [0.25, 0.3) is 0 Å². The molecule has 0 saturated heterocycles. The number of allylic oxidation sites excluding steroid dienone is 6. The largest absolute Gasteiger partial charge is 1.00 e. The van der Waals surface area contributed by atoms with E-state index in [2.05, 4.69) is 206 Å². The van der Waals surface area contributed by atoms with E-state index < -0.39 is 36.1 Å². The van der Waals surface area contributed by atoms with Crippen molar-refractivity contribution >= 4 is 52.3 Å². The Morgan fingerprint density at radius 2 is 0.629 bits per heavy atom. The molecule has 0 bridgehead atoms. The molecule has 0 unspecified atom stereocenters. The molecule has 0 aromatic heterocycles. The van der Waals surface area contributed by atoms with Crippen LogP contribution in [-0.2, 0) is 40.8 Å². The molecule has 12 fully saturated rings. The Hall–Kier alpha value is 1.97. The Bertz CT molecular complexity index is 4160. The van der Waals surface area contributed by atoms with E-state index in [1.54, 1.807) is 5.57 Å². The second kappa shape index (κ2) is 52.0. The van der Waals surface area contributed by atoms with Gasteiger partial charge in [0.25, 0.3) is 0 Å². The third-order valence-electron chi connectivity index (χ3n) is 45.8. The van der Waals surface area contributed by atoms with Crippen molar-refractivity contribution in [3.8, 4) is 0 Å². The summed E-state index contributed by atoms with van der Waals surface area (Å²) < 4.78 is 63.4. The number of phosphoric acid groups is 2. The maximum absolute atomic E-state index is 12.6. The van der Waals surface area contributed by atoms with Crippen LogP contribution in [0.2, 0.25) is 18.1 Å². The number of halogens is 2. The molecule has 0 heterocycles. The molecule has 16 aliphatic carbocycles. The van der Waals surface area contributed by atoms with Crippen LogP contribution < -0.4 is 68.9 Å². The van der Waals surface area contributed by atoms with Crippen LogP contribution in [0, 0.1) is 197 Å². The maximum atomic E-state index is 12.6. The van der Waals surface area contributed by atoms with Gasteiger partial charge in [0.1, 0.15) is 0 Å². The van der Waals surface area contributed by atoms with Crippen LogP contribution >= 0.6 is 44.9 Å². The zero-order chi connectivity index (χ0) is 105. The average Bonchev–Trinajstić information content (AvgIpc) is 1.66. The minimum absolute atomic E-state index is 0. The SMILES string of the molecule is CC(C)(C)[Si](C)(C)Cl.CC(C)[C@@H](O)CC[C@@H](C)[C@H]1CC[C@H]2[C@@H]3CC=C4C[C@@H](C)CC[C@]4(C)[C@H]3CC[C@]12C.CC(C)[C@@H](O)CC[C@@H](C)[C@H]1CC[C@H]2[C@@H]3CC=C4C[C@@H](O)CC[C@]4(C)[C@H]3CC[C@]12C.CC(C)[C@H](CC[C@@H](C)[C@H]1CC[C@H]2[C@@H]3CC=C4C[C@@H](O)CC[C@]4(C)[C@H]3CC[C@]12C)OP(=O)([O-])[O-].COP(=O)(Cl)OC.COP(=O)(OC)O[C@@H](CC[C@@H](C)[C@H]1CC[C@H]2[C@@H]3CC=C4C[C@@H](C)CC[C@]4(C)[C@H]3CC[C@]12C)C(C)C.[Na+].[Na+]. The van der Waals surface area contributed by atoms with Crippen molar-refractivity contribution in [1.82, 2.24) is 0 Å². The minimum atomic E-state index is -4.96. The molecule has 15 nitrogen and oxygen atoms in total. The van der Waals surface area contributed by atoms with E-state index in [1.165, 1.54) is 220 Å². The summed E-state index contributed by atoms with van der Waals surface area (Å²) in [5, 5.41) is 41.4. The topological polar surface area (TPSA) is 234 Å². The van der Waals surface area contributed by atoms with Gasteiger partial charge in [-0.25, -0.2) is 9.13 Å². The molecular formula is C120H213Cl2Na2O15P3Si. The van der Waals surface area contributed by atoms with Crippen LogP contribution in [-0.4, -0.2) is 92.9 Å². The fourth-order valence-corrected chi connectivity index (χ4v) is 37.5. The molecule has 0 aromatic carbocycles. The second-order valence-electron chi connectivity index (χ2n) is 55.8. The van der Waals surface area contributed by atoms with Gasteiger partial charge in [0.15, 0.2) is 7.38 Å². The summed E-state index contributed by atoms with van der Waals surface area (Å²) in [6, 6.07) is 0. The fourth-order valence-electron chi connectivity index (χ4n) is 35.6. The van der Waals surface area contributed by atoms with E-state index in [4.69, 9.17) is 40.4 Å². The molecular weight excluding hydrogens is 1920 g/mol. The van der Waals surface area contributed by atoms with E-state index in [9.17, 15) is 43.9 Å². The van der Waals surface area contributed by atoms with Crippen LogP contribution in [0.4, 0.5) is 0 Å². The van der Waals surface area contributed by atoms with Gasteiger partial charge in [0, 0.05) is 39.7 Å². The Balaban J connectivity index is 0.000000202. The summed E-state index contributed by atoms with van der Waals surface area (Å²) in [5.41, 5.74) is 10.2. The molecule has 36 atom stereocenters. The number of fused-ring (bicyclic) bond motifs is 20. The molecule has 0 amide bonds. The van der Waals surface area contributed by atoms with Crippen LogP contribution in [0.1, 0.15) is 430 Å². The molecule has 16 rings (SSSR count). The third kappa shape index (κ3) is 28.9. The van der Waals surface area contributed by atoms with E-state index in [-0.39, 0.29) is 107 Å². The van der Waals surface area contributed by atoms with E-state index in [0.717, 1.165) is 177 Å². The van der Waals surface area contributed by atoms with E-state index in [1.807, 2.05) is 25.0 Å². The van der Waals surface area contributed by atoms with Gasteiger partial charge in [-0.15, -0.1) is 0 Å². The Morgan fingerprint density at radius 1 is 0.378 bits per heavy atom. The standard InChI is InChI=1S/C30H53O4P.C28H48O.C27H47O5P.C27H46O2.C6H15ClSi.C2H6ClO3P.2Na/c1-20(2)28(34-35(31,32-7)33-8)14-9-22(4)25-12-13-26-24-11-10-23-19-21(3)15-17-29(23,5)27(24)16-18-30(25,26)6;1-18(2)26(29)12-7-20(4)23-10-11-24-22-9-8-21-17-19(3)13-15-27(21,5)25(22)14-16-28(23,24)6;1-17(2)25(32-33(29,30)31)11-6-18(3)22-9-10-23-21-8-7-19-16-20(28)12-14-26(19,4)24(21)13-15-27(22,23)5;1-17(2)25(29)11-6-18(3)22-9-10-23-21-8-7-19-16-20(28)12-14-26(19,4)24(21)13-15-27(22,23)5;1-6(2,3)8(4,5)7;1-5-7(3,4)6-2;;/h10,20-22,24-28H,9,11-19H2,1-8H3;8,18-20,22-26,29H,7,9-17H2,1-6H3;7,17-18,20-25,28H,6,8-16H2,1-5H3,(H2,29,30,31);7,17-18,20-25,28-29H,6,8-16H2,1-5H3;1-5H3;1-2H3;;/q;;;;;;2*+1/p-2/t21-,22+,24-,25+,26-,27-,28-,29-,30+;19-,20+,22-,23+,24-,25-,26-,27-,28+;2*18-,20+,21+,22-,23+,24+,25+,26+,27-;;;;/m0011..../s1. The molecule has 143 heavy (non-hydrogen) atoms. The third-order valence-corrected chi connectivity index (χ3v) is 54.7. The molecule has 12 saturated carbocycles. The Kier molecular flexibility index (Phi) is 46.7. The summed E-state index contributed by atoms with van der Waals surface area (Å²) in [4.78, 5) is 22.4. The normalized spacial score (nSPS) is 40.2. The van der Waals surface area contributed by atoms with Crippen molar-refractivity contribution in [2.24, 2.45) is 197 Å². The minimum Gasteiger partial charge on any atom is -0.790 e. The quantitative estimate of drug-likeness (QED) is 0.0247. The van der Waals surface area contributed by atoms with Crippen molar-refractivity contribution in [2.75, 3.05) is 28.4 Å². The fraction of sp³-hybridized carbons (Fsp3) is 0.933. The number of aliphatic hydroxyl groups excluding tert-OH is 4. The molecule has 4 N–H and O–H groups in total. The summed E-state index contributed by atoms with van der Waals surface area (Å²) in [7, 11) is -4.56. The van der Waals surface area contributed by atoms with Gasteiger partial charge in [-0.3, -0.25) is 13.6 Å². The zero-order valence-corrected chi connectivity index (χ0v) is 107. The molecule has 0 radical (unpaired) electrons. The maximum Gasteiger partial charge on any atom is 1.00 e. The zero-order valence-electron chi connectivity index (χ0n) is 97.4. The van der Waals surface area contributed by atoms with Gasteiger partial charge in [-0.1, -0.05) is 233 Å². The van der Waals surface area contributed by atoms with Gasteiger partial charge >= 0.3 is 73.9 Å². The molecule has 23 heteroatoms.